The summed E-state index contributed by atoms with van der Waals surface area (Å²) < 4.78 is 215. The summed E-state index contributed by atoms with van der Waals surface area (Å²) in [5.41, 5.74) is -0.775. The number of carbonyl (C=O) groups excluding carboxylic acids is 4. The Kier molecular flexibility index (Phi) is 18.6. The van der Waals surface area contributed by atoms with Crippen LogP contribution >= 0.6 is 11.8 Å². The quantitative estimate of drug-likeness (QED) is 0.0288. The average Bonchev–Trinajstić information content (AvgIpc) is 3.41. The molecule has 0 unspecified atom stereocenters. The van der Waals surface area contributed by atoms with Crippen molar-refractivity contribution in [1.82, 2.24) is 5.32 Å². The number of hydrogen-bond donors (Lipinski definition) is 1. The zero-order valence-electron chi connectivity index (χ0n) is 38.6. The smallest absolute Gasteiger partial charge is 0.460 e. The Labute approximate surface area is 426 Å². The molecule has 0 aromatic heterocycles. The van der Waals surface area contributed by atoms with E-state index in [4.69, 9.17) is 33.2 Å². The number of hydrogen-bond acceptors (Lipinski definition) is 12. The molecular weight excluding hydrogens is 1070 g/mol. The summed E-state index contributed by atoms with van der Waals surface area (Å²) in [6, 6.07) is 37.9. The molecule has 12 nitrogen and oxygen atoms in total. The molecule has 408 valence electrons. The van der Waals surface area contributed by atoms with Crippen LogP contribution in [0, 0.1) is 0 Å². The van der Waals surface area contributed by atoms with Crippen LogP contribution in [-0.2, 0) is 28.5 Å². The van der Waals surface area contributed by atoms with Crippen LogP contribution in [0.3, 0.4) is 0 Å². The van der Waals surface area contributed by atoms with E-state index in [2.05, 4.69) is 0 Å². The largest absolute Gasteiger partial charge is 0.491 e. The number of thioether (sulfide) groups is 1. The first-order valence-electron chi connectivity index (χ1n) is 22.1. The summed E-state index contributed by atoms with van der Waals surface area (Å²) in [5, 5.41) is 0.924. The van der Waals surface area contributed by atoms with Gasteiger partial charge in [-0.1, -0.05) is 84.6 Å². The van der Waals surface area contributed by atoms with E-state index < -0.39 is 116 Å². The topological polar surface area (TPSA) is 145 Å². The van der Waals surface area contributed by atoms with Crippen LogP contribution in [-0.4, -0.2) is 122 Å². The van der Waals surface area contributed by atoms with Crippen molar-refractivity contribution in [2.45, 2.75) is 70.5 Å². The second kappa shape index (κ2) is 24.3. The Balaban J connectivity index is 1.12. The molecule has 1 saturated heterocycles. The number of benzene rings is 5. The molecule has 0 radical (unpaired) electrons. The first-order chi connectivity index (χ1) is 35.8. The molecule has 0 spiro atoms. The van der Waals surface area contributed by atoms with E-state index in [0.717, 1.165) is 17.1 Å². The van der Waals surface area contributed by atoms with Crippen molar-refractivity contribution < 1.29 is 109 Å². The van der Waals surface area contributed by atoms with Crippen LogP contribution < -0.4 is 14.8 Å². The van der Waals surface area contributed by atoms with E-state index in [1.165, 1.54) is 60.7 Å². The second-order valence-corrected chi connectivity index (χ2v) is 17.2. The summed E-state index contributed by atoms with van der Waals surface area (Å²) >= 11 is 1.11. The van der Waals surface area contributed by atoms with Gasteiger partial charge in [0.05, 0.1) is 29.9 Å². The van der Waals surface area contributed by atoms with Gasteiger partial charge < -0.3 is 38.5 Å². The van der Waals surface area contributed by atoms with Crippen molar-refractivity contribution in [2.75, 3.05) is 33.0 Å². The summed E-state index contributed by atoms with van der Waals surface area (Å²) in [7, 11) is 0. The number of ether oxygens (including phenoxy) is 7. The average molecular weight is 1110 g/mol. The van der Waals surface area contributed by atoms with E-state index in [0.29, 0.717) is 4.90 Å². The first-order valence-corrected chi connectivity index (χ1v) is 23.0. The Morgan fingerprint density at radius 2 is 0.895 bits per heavy atom. The SMILES string of the molecule is O=C(O[C@@H]1[C@@H](OC(=O)c2ccccc2)[C@H](Sc2ccccc2)O[C@H](COc2ccc(OCCOCCNC(=O)C(F)(F)C(F)(F)C(F)(F)C(F)(F)C(F)(F)C(F)(F)F)cc2)[C@H]1OC(=O)c1ccccc1)c1ccccc1. The summed E-state index contributed by atoms with van der Waals surface area (Å²) in [5.74, 6) is -44.6. The predicted octanol–water partition coefficient (Wildman–Crippen LogP) is 10.5. The van der Waals surface area contributed by atoms with Crippen molar-refractivity contribution >= 4 is 35.6 Å². The molecule has 0 saturated carbocycles. The fourth-order valence-corrected chi connectivity index (χ4v) is 7.96. The van der Waals surface area contributed by atoms with Gasteiger partial charge in [-0.05, 0) is 72.8 Å². The minimum Gasteiger partial charge on any atom is -0.491 e. The number of carbonyl (C=O) groups is 4. The Morgan fingerprint density at radius 1 is 0.474 bits per heavy atom. The maximum atomic E-state index is 14.1. The molecule has 1 N–H and O–H groups in total. The summed E-state index contributed by atoms with van der Waals surface area (Å²) in [6.07, 6.45) is -13.3. The molecule has 1 amide bonds. The number of esters is 3. The molecule has 0 bridgehead atoms. The van der Waals surface area contributed by atoms with Crippen LogP contribution in [0.5, 0.6) is 11.5 Å². The molecule has 5 aromatic rings. The van der Waals surface area contributed by atoms with E-state index in [1.807, 2.05) is 0 Å². The highest BCUT2D eigenvalue weighted by molar-refractivity contribution is 7.99. The second-order valence-electron chi connectivity index (χ2n) is 16.1. The Bertz CT molecular complexity index is 2710. The van der Waals surface area contributed by atoms with E-state index in [-0.39, 0.29) is 34.8 Å². The summed E-state index contributed by atoms with van der Waals surface area (Å²) in [4.78, 5) is 53.8. The lowest BCUT2D eigenvalue weighted by atomic mass is 9.93. The number of alkyl halides is 13. The molecule has 1 aliphatic heterocycles. The minimum atomic E-state index is -8.15. The minimum absolute atomic E-state index is 0.109. The molecule has 5 atom stereocenters. The number of rotatable bonds is 23. The van der Waals surface area contributed by atoms with Gasteiger partial charge in [0.2, 0.25) is 0 Å². The van der Waals surface area contributed by atoms with E-state index in [1.54, 1.807) is 84.9 Å². The van der Waals surface area contributed by atoms with Crippen molar-refractivity contribution in [3.8, 4) is 11.5 Å². The third-order valence-corrected chi connectivity index (χ3v) is 12.0. The molecule has 1 heterocycles. The zero-order chi connectivity index (χ0) is 55.5. The fourth-order valence-electron chi connectivity index (χ4n) is 6.83. The molecule has 76 heavy (non-hydrogen) atoms. The maximum absolute atomic E-state index is 14.1. The Morgan fingerprint density at radius 3 is 1.37 bits per heavy atom. The van der Waals surface area contributed by atoms with Gasteiger partial charge in [0, 0.05) is 11.4 Å². The third-order valence-electron chi connectivity index (χ3n) is 10.8. The van der Waals surface area contributed by atoms with Crippen LogP contribution in [0.1, 0.15) is 31.1 Å². The van der Waals surface area contributed by atoms with Gasteiger partial charge in [0.15, 0.2) is 18.3 Å². The standard InChI is InChI=1S/C50H40F13NO11S/c51-45(52,46(53,54)47(55,56)48(57,58)49(59,60)50(61,62)63)44(68)64-25-26-69-27-28-70-33-21-23-34(24-22-33)71-29-36-37(73-40(65)30-13-5-1-6-14-30)38(74-41(66)31-15-7-2-8-16-31)39(75-42(67)32-17-9-3-10-18-32)43(72-36)76-35-19-11-4-12-20-35/h1-24,36-39,43H,25-29H2,(H,64,68)/t36-,37-,38+,39-,43+/m1/s1. The van der Waals surface area contributed by atoms with Gasteiger partial charge >= 0.3 is 53.7 Å². The lowest BCUT2D eigenvalue weighted by Crippen LogP contribution is -2.72. The monoisotopic (exact) mass is 1110 g/mol. The van der Waals surface area contributed by atoms with Crippen LogP contribution in [0.2, 0.25) is 0 Å². The maximum Gasteiger partial charge on any atom is 0.460 e. The highest BCUT2D eigenvalue weighted by Crippen LogP contribution is 2.60. The zero-order valence-corrected chi connectivity index (χ0v) is 39.4. The number of halogens is 13. The molecule has 6 rings (SSSR count). The van der Waals surface area contributed by atoms with Gasteiger partial charge in [-0.15, -0.1) is 0 Å². The van der Waals surface area contributed by atoms with Crippen molar-refractivity contribution in [1.29, 1.82) is 0 Å². The number of nitrogens with one attached hydrogen (secondary N) is 1. The van der Waals surface area contributed by atoms with Crippen molar-refractivity contribution in [2.24, 2.45) is 0 Å². The third kappa shape index (κ3) is 13.1. The predicted molar refractivity (Wildman–Crippen MR) is 240 cm³/mol. The van der Waals surface area contributed by atoms with Gasteiger partial charge in [0.25, 0.3) is 5.91 Å². The van der Waals surface area contributed by atoms with E-state index in [9.17, 15) is 76.3 Å². The molecule has 5 aromatic carbocycles. The number of amides is 1. The lowest BCUT2D eigenvalue weighted by Gasteiger charge is -2.44. The molecule has 1 aliphatic rings. The fraction of sp³-hybridized carbons (Fsp3) is 0.320. The van der Waals surface area contributed by atoms with Gasteiger partial charge in [-0.2, -0.15) is 57.1 Å². The van der Waals surface area contributed by atoms with Gasteiger partial charge in [-0.25, -0.2) is 14.4 Å². The van der Waals surface area contributed by atoms with Gasteiger partial charge in [-0.3, -0.25) is 4.79 Å². The first kappa shape index (κ1) is 58.2. The van der Waals surface area contributed by atoms with Crippen molar-refractivity contribution in [3.05, 3.63) is 162 Å². The van der Waals surface area contributed by atoms with Gasteiger partial charge in [0.1, 0.15) is 36.3 Å². The highest BCUT2D eigenvalue weighted by Gasteiger charge is 2.91. The molecular formula is C50H40F13NO11S. The highest BCUT2D eigenvalue weighted by atomic mass is 32.2. The lowest BCUT2D eigenvalue weighted by molar-refractivity contribution is -0.436. The summed E-state index contributed by atoms with van der Waals surface area (Å²) in [6.45, 7) is -3.26. The molecule has 26 heteroatoms. The van der Waals surface area contributed by atoms with Crippen molar-refractivity contribution in [3.63, 3.8) is 0 Å². The van der Waals surface area contributed by atoms with Crippen LogP contribution in [0.15, 0.2) is 150 Å². The molecule has 1 fully saturated rings. The van der Waals surface area contributed by atoms with Crippen LogP contribution in [0.4, 0.5) is 57.1 Å². The van der Waals surface area contributed by atoms with Crippen LogP contribution in [0.25, 0.3) is 0 Å². The normalized spacial score (nSPS) is 18.5. The van der Waals surface area contributed by atoms with E-state index >= 15 is 0 Å². The molecule has 0 aliphatic carbocycles. The Hall–Kier alpha value is -7.06.